The standard InChI is InChI=1S/C28H21.Ni/c1-5-13-23(14-6-1)21-27(25-17-9-3-10-18-25)28(26-19-11-4-12-20-26)22-24-15-7-2-8-16-24;/h1-21H;/q-1;/b28-27-;. The van der Waals surface area contributed by atoms with Crippen LogP contribution < -0.4 is 0 Å². The van der Waals surface area contributed by atoms with Gasteiger partial charge in [0, 0.05) is 0 Å². The van der Waals surface area contributed by atoms with E-state index in [-0.39, 0.29) is 0 Å². The van der Waals surface area contributed by atoms with Crippen LogP contribution in [0, 0.1) is 6.42 Å². The van der Waals surface area contributed by atoms with Crippen molar-refractivity contribution in [1.29, 1.82) is 0 Å². The molecule has 0 saturated heterocycles. The summed E-state index contributed by atoms with van der Waals surface area (Å²) in [5.74, 6) is 0. The second kappa shape index (κ2) is 9.37. The third-order valence-electron chi connectivity index (χ3n) is 4.74. The molecule has 0 spiro atoms. The molecule has 0 atom stereocenters. The minimum atomic E-state index is 0.892. The van der Waals surface area contributed by atoms with Crippen LogP contribution in [-0.2, 0) is 15.0 Å². The minimum absolute atomic E-state index is 0.892. The number of benzene rings is 4. The zero-order valence-corrected chi connectivity index (χ0v) is 16.9. The van der Waals surface area contributed by atoms with Crippen LogP contribution >= 0.6 is 0 Å². The molecule has 0 aliphatic heterocycles. The van der Waals surface area contributed by atoms with Gasteiger partial charge in [-0.3, -0.25) is 0 Å². The first-order valence-corrected chi connectivity index (χ1v) is 10.1. The first-order valence-electron chi connectivity index (χ1n) is 9.63. The van der Waals surface area contributed by atoms with E-state index < -0.39 is 0 Å². The van der Waals surface area contributed by atoms with Gasteiger partial charge in [-0.05, 0) is 0 Å². The molecule has 4 aromatic carbocycles. The van der Waals surface area contributed by atoms with E-state index in [4.69, 9.17) is 15.0 Å². The zero-order valence-electron chi connectivity index (χ0n) is 15.9. The first-order chi connectivity index (χ1) is 14.3. The first kappa shape index (κ1) is 19.2. The number of rotatable bonds is 6. The Balaban J connectivity index is 1.95. The van der Waals surface area contributed by atoms with Crippen LogP contribution in [0.5, 0.6) is 0 Å². The van der Waals surface area contributed by atoms with Crippen LogP contribution in [-0.4, -0.2) is 4.49 Å². The van der Waals surface area contributed by atoms with E-state index in [0.717, 1.165) is 37.9 Å². The number of hydrogen-bond donors (Lipinski definition) is 0. The van der Waals surface area contributed by atoms with Gasteiger partial charge in [-0.25, -0.2) is 0 Å². The topological polar surface area (TPSA) is 0 Å². The Morgan fingerprint density at radius 1 is 0.483 bits per heavy atom. The summed E-state index contributed by atoms with van der Waals surface area (Å²) in [6, 6.07) is 41.7. The number of allylic oxidation sites excluding steroid dienone is 2. The van der Waals surface area contributed by atoms with Crippen molar-refractivity contribution in [2.45, 2.75) is 0 Å². The van der Waals surface area contributed by atoms with E-state index >= 15 is 0 Å². The molecule has 0 saturated carbocycles. The van der Waals surface area contributed by atoms with Crippen LogP contribution in [0.2, 0.25) is 0 Å². The van der Waals surface area contributed by atoms with Crippen LogP contribution in [0.25, 0.3) is 11.1 Å². The Morgan fingerprint density at radius 3 is 1.41 bits per heavy atom. The molecule has 4 aromatic rings. The SMILES string of the molecule is [Ni]=[C](/C(=C(\[CH-]c1ccccc1)c1ccccc1)c1ccccc1)c1ccccc1. The summed E-state index contributed by atoms with van der Waals surface area (Å²) in [5.41, 5.74) is 6.73. The van der Waals surface area contributed by atoms with E-state index in [2.05, 4.69) is 91.3 Å². The van der Waals surface area contributed by atoms with Crippen molar-refractivity contribution in [3.05, 3.63) is 150 Å². The van der Waals surface area contributed by atoms with Gasteiger partial charge in [0.25, 0.3) is 0 Å². The van der Waals surface area contributed by atoms with Crippen LogP contribution in [0.1, 0.15) is 22.3 Å². The van der Waals surface area contributed by atoms with Gasteiger partial charge in [0.1, 0.15) is 0 Å². The molecular formula is C28H21Ni-. The molecule has 0 N–H and O–H groups in total. The molecule has 0 fully saturated rings. The van der Waals surface area contributed by atoms with Crippen molar-refractivity contribution < 1.29 is 15.0 Å². The summed E-state index contributed by atoms with van der Waals surface area (Å²) in [6.45, 7) is 0. The Morgan fingerprint density at radius 2 is 0.897 bits per heavy atom. The summed E-state index contributed by atoms with van der Waals surface area (Å²) in [4.78, 5) is 0. The van der Waals surface area contributed by atoms with E-state index in [9.17, 15) is 0 Å². The molecular weight excluding hydrogens is 395 g/mol. The van der Waals surface area contributed by atoms with Crippen molar-refractivity contribution >= 4 is 15.6 Å². The van der Waals surface area contributed by atoms with Gasteiger partial charge in [-0.15, -0.1) is 0 Å². The molecule has 0 nitrogen and oxygen atoms in total. The van der Waals surface area contributed by atoms with Gasteiger partial charge in [0.15, 0.2) is 0 Å². The Hall–Kier alpha value is -3.15. The van der Waals surface area contributed by atoms with Crippen LogP contribution in [0.4, 0.5) is 0 Å². The average molecular weight is 416 g/mol. The molecule has 0 heterocycles. The van der Waals surface area contributed by atoms with Gasteiger partial charge < -0.3 is 0 Å². The maximum atomic E-state index is 5.66. The molecule has 144 valence electrons. The van der Waals surface area contributed by atoms with Gasteiger partial charge in [-0.1, -0.05) is 0 Å². The molecule has 0 aliphatic carbocycles. The van der Waals surface area contributed by atoms with E-state index in [0.29, 0.717) is 0 Å². The summed E-state index contributed by atoms with van der Waals surface area (Å²) in [5, 5.41) is 0. The van der Waals surface area contributed by atoms with Gasteiger partial charge in [0.2, 0.25) is 0 Å². The third kappa shape index (κ3) is 4.65. The molecule has 4 rings (SSSR count). The molecule has 0 aromatic heterocycles. The fourth-order valence-electron chi connectivity index (χ4n) is 3.34. The molecule has 0 unspecified atom stereocenters. The molecule has 29 heavy (non-hydrogen) atoms. The van der Waals surface area contributed by atoms with Crippen molar-refractivity contribution in [2.24, 2.45) is 0 Å². The summed E-state index contributed by atoms with van der Waals surface area (Å²) >= 11 is 5.66. The average Bonchev–Trinajstić information content (AvgIpc) is 2.81. The summed E-state index contributed by atoms with van der Waals surface area (Å²) in [7, 11) is 0. The predicted octanol–water partition coefficient (Wildman–Crippen LogP) is 6.62. The Labute approximate surface area is 180 Å². The van der Waals surface area contributed by atoms with Crippen LogP contribution in [0.3, 0.4) is 0 Å². The predicted molar refractivity (Wildman–Crippen MR) is 120 cm³/mol. The van der Waals surface area contributed by atoms with Crippen molar-refractivity contribution in [2.75, 3.05) is 0 Å². The molecule has 1 heteroatoms. The van der Waals surface area contributed by atoms with E-state index in [1.165, 1.54) is 0 Å². The van der Waals surface area contributed by atoms with Crippen molar-refractivity contribution in [3.63, 3.8) is 0 Å². The maximum absolute atomic E-state index is 5.66. The fourth-order valence-corrected chi connectivity index (χ4v) is 3.78. The second-order valence-electron chi connectivity index (χ2n) is 6.72. The van der Waals surface area contributed by atoms with Gasteiger partial charge in [0.05, 0.1) is 0 Å². The Kier molecular flexibility index (Phi) is 6.20. The zero-order chi connectivity index (χ0) is 19.9. The van der Waals surface area contributed by atoms with Gasteiger partial charge in [-0.2, -0.15) is 0 Å². The van der Waals surface area contributed by atoms with Gasteiger partial charge >= 0.3 is 181 Å². The third-order valence-corrected chi connectivity index (χ3v) is 5.27. The monoisotopic (exact) mass is 415 g/mol. The molecule has 0 amide bonds. The quantitative estimate of drug-likeness (QED) is 0.188. The normalized spacial score (nSPS) is 11.5. The number of hydrogen-bond acceptors (Lipinski definition) is 0. The van der Waals surface area contributed by atoms with E-state index in [1.54, 1.807) is 0 Å². The van der Waals surface area contributed by atoms with Crippen molar-refractivity contribution in [3.8, 4) is 0 Å². The molecule has 0 radical (unpaired) electrons. The summed E-state index contributed by atoms with van der Waals surface area (Å²) < 4.78 is 0.892. The second-order valence-corrected chi connectivity index (χ2v) is 7.22. The fraction of sp³-hybridized carbons (Fsp3) is 0. The van der Waals surface area contributed by atoms with Crippen molar-refractivity contribution in [1.82, 2.24) is 0 Å². The summed E-state index contributed by atoms with van der Waals surface area (Å²) in [6.07, 6.45) is 2.24. The Bertz CT molecular complexity index is 1100. The molecule has 0 bridgehead atoms. The molecule has 0 aliphatic rings. The van der Waals surface area contributed by atoms with E-state index in [1.807, 2.05) is 36.4 Å². The van der Waals surface area contributed by atoms with Crippen LogP contribution in [0.15, 0.2) is 121 Å².